The second kappa shape index (κ2) is 34.2. The van der Waals surface area contributed by atoms with Crippen molar-refractivity contribution in [2.24, 2.45) is 0 Å². The van der Waals surface area contributed by atoms with Crippen molar-refractivity contribution in [3.63, 3.8) is 0 Å². The van der Waals surface area contributed by atoms with Crippen LogP contribution in [0.3, 0.4) is 0 Å². The Bertz CT molecular complexity index is 6110. The van der Waals surface area contributed by atoms with Crippen LogP contribution in [0.2, 0.25) is 0 Å². The Hall–Kier alpha value is -15.8. The van der Waals surface area contributed by atoms with E-state index < -0.39 is 0 Å². The molecule has 0 fully saturated rings. The molecular weight excluding hydrogens is 1470 g/mol. The molecule has 0 N–H and O–H groups in total. The maximum absolute atomic E-state index is 2.40. The molecule has 0 radical (unpaired) electrons. The molecule has 2 aromatic heterocycles. The summed E-state index contributed by atoms with van der Waals surface area (Å²) in [6.07, 6.45) is 18.0. The average molecular weight is 1550 g/mol. The lowest BCUT2D eigenvalue weighted by molar-refractivity contribution is 0.660. The van der Waals surface area contributed by atoms with E-state index in [1.807, 2.05) is 0 Å². The van der Waals surface area contributed by atoms with Crippen molar-refractivity contribution in [1.82, 2.24) is 9.13 Å². The van der Waals surface area contributed by atoms with Crippen molar-refractivity contribution in [2.45, 2.75) is 19.3 Å². The standard InChI is InChI=1S/C115H88N6/c1-115(2)113-83-87(49-67-105-79-77-103(65-47-85-43-61-101(62-44-85)116(93-27-11-3-12-28-93)94-29-13-4-14-30-94)120(105)109-73-57-91(58-74-109)89-53-69-107(70-54-89)118(97-35-19-7-20-36-97)98-37-21-8-22-38-98)51-81-111(113)112-82-52-88(84-114(112)115)50-68-106-80-78-104(66-48-86-45-63-102(64-46-86)117(95-31-15-5-16-32-95)96-33-17-6-18-34-96)121(106)110-75-59-92(60-76-110)90-55-71-108(72-56-90)119(99-39-23-9-24-40-99)100-41-25-10-26-42-100/h3-84H,1-2H3/b65-47+,66-48+,67-49+,68-50+. The van der Waals surface area contributed by atoms with E-state index in [1.54, 1.807) is 0 Å². The highest BCUT2D eigenvalue weighted by Crippen LogP contribution is 2.50. The van der Waals surface area contributed by atoms with Crippen molar-refractivity contribution in [1.29, 1.82) is 0 Å². The Morgan fingerprint density at radius 3 is 0.603 bits per heavy atom. The number of anilines is 12. The van der Waals surface area contributed by atoms with Gasteiger partial charge in [-0.1, -0.05) is 293 Å². The third-order valence-corrected chi connectivity index (χ3v) is 23.0. The van der Waals surface area contributed by atoms with Gasteiger partial charge in [0.2, 0.25) is 0 Å². The molecule has 0 saturated carbocycles. The molecule has 1 aliphatic carbocycles. The quantitative estimate of drug-likeness (QED) is 0.0601. The molecule has 0 bridgehead atoms. The molecule has 16 aromatic carbocycles. The minimum atomic E-state index is -0.273. The summed E-state index contributed by atoms with van der Waals surface area (Å²) >= 11 is 0. The lowest BCUT2D eigenvalue weighted by Crippen LogP contribution is -2.15. The van der Waals surface area contributed by atoms with Crippen LogP contribution < -0.4 is 19.6 Å². The van der Waals surface area contributed by atoms with Gasteiger partial charge < -0.3 is 28.7 Å². The summed E-state index contributed by atoms with van der Waals surface area (Å²) in [5.41, 5.74) is 33.6. The molecule has 0 amide bonds. The van der Waals surface area contributed by atoms with Crippen LogP contribution in [0.25, 0.3) is 93.4 Å². The number of rotatable bonds is 24. The fourth-order valence-corrected chi connectivity index (χ4v) is 16.8. The largest absolute Gasteiger partial charge is 0.311 e. The highest BCUT2D eigenvalue weighted by atomic mass is 15.2. The van der Waals surface area contributed by atoms with Crippen LogP contribution in [0.4, 0.5) is 68.2 Å². The molecule has 19 rings (SSSR count). The molecular formula is C115H88N6. The average Bonchev–Trinajstić information content (AvgIpc) is 1.58. The van der Waals surface area contributed by atoms with Crippen molar-refractivity contribution >= 4 is 117 Å². The Kier molecular flexibility index (Phi) is 21.3. The number of aromatic nitrogens is 2. The third kappa shape index (κ3) is 16.1. The van der Waals surface area contributed by atoms with E-state index in [0.717, 1.165) is 147 Å². The third-order valence-electron chi connectivity index (χ3n) is 23.0. The van der Waals surface area contributed by atoms with E-state index in [0.29, 0.717) is 0 Å². The molecule has 6 nitrogen and oxygen atoms in total. The summed E-state index contributed by atoms with van der Waals surface area (Å²) in [5.74, 6) is 0. The number of hydrogen-bond acceptors (Lipinski definition) is 4. The molecule has 1 aliphatic rings. The minimum Gasteiger partial charge on any atom is -0.311 e. The zero-order chi connectivity index (χ0) is 81.3. The van der Waals surface area contributed by atoms with Gasteiger partial charge in [0.25, 0.3) is 0 Å². The van der Waals surface area contributed by atoms with Crippen molar-refractivity contribution in [3.8, 4) is 44.8 Å². The lowest BCUT2D eigenvalue weighted by Gasteiger charge is -2.25. The first-order valence-corrected chi connectivity index (χ1v) is 41.4. The van der Waals surface area contributed by atoms with Gasteiger partial charge in [-0.2, -0.15) is 0 Å². The van der Waals surface area contributed by atoms with E-state index in [2.05, 4.69) is 540 Å². The maximum Gasteiger partial charge on any atom is 0.0462 e. The Morgan fingerprint density at radius 1 is 0.182 bits per heavy atom. The zero-order valence-electron chi connectivity index (χ0n) is 67.5. The van der Waals surface area contributed by atoms with Crippen LogP contribution in [0.15, 0.2) is 449 Å². The van der Waals surface area contributed by atoms with E-state index in [1.165, 1.54) is 22.3 Å². The predicted octanol–water partition coefficient (Wildman–Crippen LogP) is 31.5. The van der Waals surface area contributed by atoms with Crippen molar-refractivity contribution < 1.29 is 0 Å². The topological polar surface area (TPSA) is 22.8 Å². The number of hydrogen-bond donors (Lipinski definition) is 0. The first kappa shape index (κ1) is 75.3. The van der Waals surface area contributed by atoms with Gasteiger partial charge in [0.15, 0.2) is 0 Å². The van der Waals surface area contributed by atoms with Gasteiger partial charge in [-0.05, 0) is 285 Å². The molecule has 0 aliphatic heterocycles. The van der Waals surface area contributed by atoms with E-state index >= 15 is 0 Å². The first-order chi connectivity index (χ1) is 59.7. The SMILES string of the molecule is CC1(C)c2cc(/C=C/c3ccc(/C=C/c4ccc(N(c5ccccc5)c5ccccc5)cc4)n3-c3ccc(-c4ccc(N(c5ccccc5)c5ccccc5)cc4)cc3)ccc2-c2ccc(/C=C/c3ccc(/C=C/c4ccc(N(c5ccccc5)c5ccccc5)cc4)n3-c3ccc(-c4ccc(N(c5ccccc5)c5ccccc5)cc4)cc3)cc21. The van der Waals surface area contributed by atoms with Gasteiger partial charge in [-0.25, -0.2) is 0 Å². The van der Waals surface area contributed by atoms with Gasteiger partial charge >= 0.3 is 0 Å². The zero-order valence-corrected chi connectivity index (χ0v) is 67.5. The molecule has 0 saturated heterocycles. The van der Waals surface area contributed by atoms with Gasteiger partial charge in [-0.15, -0.1) is 0 Å². The summed E-state index contributed by atoms with van der Waals surface area (Å²) in [6.45, 7) is 4.76. The molecule has 0 unspecified atom stereocenters. The number of nitrogens with zero attached hydrogens (tertiary/aromatic N) is 6. The Morgan fingerprint density at radius 2 is 0.372 bits per heavy atom. The summed E-state index contributed by atoms with van der Waals surface area (Å²) in [5, 5.41) is 0. The smallest absolute Gasteiger partial charge is 0.0462 e. The summed E-state index contributed by atoms with van der Waals surface area (Å²) < 4.78 is 4.73. The Balaban J connectivity index is 0.609. The van der Waals surface area contributed by atoms with Crippen molar-refractivity contribution in [2.75, 3.05) is 19.6 Å². The molecule has 578 valence electrons. The van der Waals surface area contributed by atoms with Gasteiger partial charge in [-0.3, -0.25) is 0 Å². The van der Waals surface area contributed by atoms with Gasteiger partial charge in [0, 0.05) is 108 Å². The fourth-order valence-electron chi connectivity index (χ4n) is 16.8. The lowest BCUT2D eigenvalue weighted by atomic mass is 9.81. The van der Waals surface area contributed by atoms with Gasteiger partial charge in [0.05, 0.1) is 0 Å². The summed E-state index contributed by atoms with van der Waals surface area (Å²) in [6, 6.07) is 161. The summed E-state index contributed by atoms with van der Waals surface area (Å²) in [7, 11) is 0. The number of fused-ring (bicyclic) bond motifs is 3. The number of benzene rings is 16. The number of para-hydroxylation sites is 8. The highest BCUT2D eigenvalue weighted by molar-refractivity contribution is 5.88. The van der Waals surface area contributed by atoms with E-state index in [4.69, 9.17) is 0 Å². The first-order valence-electron chi connectivity index (χ1n) is 41.4. The second-order valence-corrected chi connectivity index (χ2v) is 31.0. The molecule has 6 heteroatoms. The monoisotopic (exact) mass is 1550 g/mol. The molecule has 121 heavy (non-hydrogen) atoms. The second-order valence-electron chi connectivity index (χ2n) is 31.0. The molecule has 0 spiro atoms. The minimum absolute atomic E-state index is 0.273. The molecule has 2 heterocycles. The molecule has 18 aromatic rings. The van der Waals surface area contributed by atoms with Crippen LogP contribution in [0.5, 0.6) is 0 Å². The van der Waals surface area contributed by atoms with Crippen LogP contribution in [0, 0.1) is 0 Å². The normalized spacial score (nSPS) is 12.1. The summed E-state index contributed by atoms with van der Waals surface area (Å²) in [4.78, 5) is 9.20. The fraction of sp³-hybridized carbons (Fsp3) is 0.0261. The van der Waals surface area contributed by atoms with Crippen molar-refractivity contribution in [3.05, 3.63) is 505 Å². The maximum atomic E-state index is 2.40. The Labute approximate surface area is 710 Å². The van der Waals surface area contributed by atoms with Crippen LogP contribution in [0.1, 0.15) is 70.0 Å². The van der Waals surface area contributed by atoms with Crippen LogP contribution in [-0.2, 0) is 5.41 Å². The highest BCUT2D eigenvalue weighted by Gasteiger charge is 2.36. The van der Waals surface area contributed by atoms with Crippen LogP contribution >= 0.6 is 0 Å². The van der Waals surface area contributed by atoms with Gasteiger partial charge in [0.1, 0.15) is 0 Å². The molecule has 0 atom stereocenters. The van der Waals surface area contributed by atoms with E-state index in [-0.39, 0.29) is 5.41 Å². The van der Waals surface area contributed by atoms with Crippen LogP contribution in [-0.4, -0.2) is 9.13 Å². The predicted molar refractivity (Wildman–Crippen MR) is 514 cm³/mol. The van der Waals surface area contributed by atoms with E-state index in [9.17, 15) is 0 Å².